The van der Waals surface area contributed by atoms with Crippen LogP contribution in [0.5, 0.6) is 0 Å². The Morgan fingerprint density at radius 2 is 2.35 bits per heavy atom. The summed E-state index contributed by atoms with van der Waals surface area (Å²) in [6.07, 6.45) is 1.80. The summed E-state index contributed by atoms with van der Waals surface area (Å²) in [6, 6.07) is 0. The number of nitrogens with zero attached hydrogens (tertiary/aromatic N) is 1. The summed E-state index contributed by atoms with van der Waals surface area (Å²) in [5, 5.41) is 15.1. The average molecular weight is 256 g/mol. The highest BCUT2D eigenvalue weighted by Crippen LogP contribution is 2.27. The maximum Gasteiger partial charge on any atom is 0.303 e. The lowest BCUT2D eigenvalue weighted by molar-refractivity contribution is -0.137. The summed E-state index contributed by atoms with van der Waals surface area (Å²) in [7, 11) is 0. The van der Waals surface area contributed by atoms with E-state index in [-0.39, 0.29) is 12.0 Å². The van der Waals surface area contributed by atoms with Crippen molar-refractivity contribution in [2.45, 2.75) is 45.6 Å². The van der Waals surface area contributed by atoms with Crippen LogP contribution in [0.3, 0.4) is 0 Å². The SMILES string of the molecule is CC[C@](C)(NCCCC(=O)O)c1nc(C)cs1. The van der Waals surface area contributed by atoms with Crippen LogP contribution in [0.15, 0.2) is 5.38 Å². The van der Waals surface area contributed by atoms with Crippen LogP contribution in [-0.4, -0.2) is 22.6 Å². The lowest BCUT2D eigenvalue weighted by Gasteiger charge is -2.27. The normalized spacial score (nSPS) is 14.5. The first-order valence-electron chi connectivity index (χ1n) is 5.87. The summed E-state index contributed by atoms with van der Waals surface area (Å²) in [4.78, 5) is 14.9. The predicted octanol–water partition coefficient (Wildman–Crippen LogP) is 2.53. The van der Waals surface area contributed by atoms with Crippen LogP contribution in [0.25, 0.3) is 0 Å². The zero-order valence-corrected chi connectivity index (χ0v) is 11.4. The van der Waals surface area contributed by atoms with Crippen molar-refractivity contribution in [3.05, 3.63) is 16.1 Å². The predicted molar refractivity (Wildman–Crippen MR) is 69.4 cm³/mol. The maximum absolute atomic E-state index is 10.4. The van der Waals surface area contributed by atoms with Gasteiger partial charge in [-0.1, -0.05) is 6.92 Å². The summed E-state index contributed by atoms with van der Waals surface area (Å²) in [5.74, 6) is -0.741. The second kappa shape index (κ2) is 6.12. The van der Waals surface area contributed by atoms with Gasteiger partial charge in [-0.05, 0) is 33.2 Å². The summed E-state index contributed by atoms with van der Waals surface area (Å²) in [5.41, 5.74) is 0.897. The fourth-order valence-corrected chi connectivity index (χ4v) is 2.57. The average Bonchev–Trinajstić information content (AvgIpc) is 2.71. The second-order valence-corrected chi connectivity index (χ2v) is 5.26. The Labute approximate surface area is 106 Å². The van der Waals surface area contributed by atoms with Crippen molar-refractivity contribution >= 4 is 17.3 Å². The molecule has 0 fully saturated rings. The number of aryl methyl sites for hydroxylation is 1. The number of aliphatic carboxylic acids is 1. The minimum Gasteiger partial charge on any atom is -0.481 e. The molecule has 1 rings (SSSR count). The van der Waals surface area contributed by atoms with Gasteiger partial charge in [0, 0.05) is 17.5 Å². The van der Waals surface area contributed by atoms with Gasteiger partial charge in [0.15, 0.2) is 0 Å². The number of hydrogen-bond donors (Lipinski definition) is 2. The molecule has 0 saturated heterocycles. The largest absolute Gasteiger partial charge is 0.481 e. The first-order chi connectivity index (χ1) is 7.98. The van der Waals surface area contributed by atoms with E-state index in [1.807, 2.05) is 12.3 Å². The number of hydrogen-bond acceptors (Lipinski definition) is 4. The van der Waals surface area contributed by atoms with Crippen LogP contribution in [0.4, 0.5) is 0 Å². The molecular weight excluding hydrogens is 236 g/mol. The van der Waals surface area contributed by atoms with Gasteiger partial charge >= 0.3 is 5.97 Å². The molecular formula is C12H20N2O2S. The van der Waals surface area contributed by atoms with E-state index in [2.05, 4.69) is 24.1 Å². The smallest absolute Gasteiger partial charge is 0.303 e. The zero-order valence-electron chi connectivity index (χ0n) is 10.6. The number of nitrogens with one attached hydrogen (secondary N) is 1. The van der Waals surface area contributed by atoms with Crippen LogP contribution in [0.1, 0.15) is 43.8 Å². The molecule has 5 heteroatoms. The number of thiazole rings is 1. The minimum absolute atomic E-state index is 0.141. The van der Waals surface area contributed by atoms with Crippen LogP contribution in [-0.2, 0) is 10.3 Å². The highest BCUT2D eigenvalue weighted by atomic mass is 32.1. The number of aromatic nitrogens is 1. The molecule has 0 aliphatic heterocycles. The topological polar surface area (TPSA) is 62.2 Å². The van der Waals surface area contributed by atoms with E-state index in [1.54, 1.807) is 11.3 Å². The van der Waals surface area contributed by atoms with Gasteiger partial charge in [0.25, 0.3) is 0 Å². The number of carboxylic acid groups (broad SMARTS) is 1. The van der Waals surface area contributed by atoms with Crippen LogP contribution in [0, 0.1) is 6.92 Å². The van der Waals surface area contributed by atoms with Gasteiger partial charge in [-0.3, -0.25) is 4.79 Å². The van der Waals surface area contributed by atoms with E-state index in [4.69, 9.17) is 5.11 Å². The van der Waals surface area contributed by atoms with E-state index < -0.39 is 5.97 Å². The molecule has 0 spiro atoms. The Bertz CT molecular complexity index is 378. The first-order valence-corrected chi connectivity index (χ1v) is 6.75. The third kappa shape index (κ3) is 4.09. The molecule has 0 aliphatic carbocycles. The van der Waals surface area contributed by atoms with Crippen molar-refractivity contribution in [2.24, 2.45) is 0 Å². The summed E-state index contributed by atoms with van der Waals surface area (Å²) >= 11 is 1.66. The fraction of sp³-hybridized carbons (Fsp3) is 0.667. The zero-order chi connectivity index (χ0) is 12.9. The minimum atomic E-state index is -0.741. The molecule has 17 heavy (non-hydrogen) atoms. The lowest BCUT2D eigenvalue weighted by Crippen LogP contribution is -2.39. The van der Waals surface area contributed by atoms with Crippen molar-refractivity contribution in [1.29, 1.82) is 0 Å². The molecule has 1 heterocycles. The molecule has 0 aromatic carbocycles. The van der Waals surface area contributed by atoms with Gasteiger partial charge in [0.2, 0.25) is 0 Å². The molecule has 2 N–H and O–H groups in total. The van der Waals surface area contributed by atoms with Gasteiger partial charge in [-0.15, -0.1) is 11.3 Å². The van der Waals surface area contributed by atoms with Gasteiger partial charge < -0.3 is 10.4 Å². The molecule has 1 aromatic heterocycles. The highest BCUT2D eigenvalue weighted by Gasteiger charge is 2.26. The standard InChI is InChI=1S/C12H20N2O2S/c1-4-12(3,11-14-9(2)8-17-11)13-7-5-6-10(15)16/h8,13H,4-7H2,1-3H3,(H,15,16)/t12-/m0/s1. The van der Waals surface area contributed by atoms with Crippen LogP contribution < -0.4 is 5.32 Å². The van der Waals surface area contributed by atoms with Crippen LogP contribution >= 0.6 is 11.3 Å². The molecule has 1 aromatic rings. The third-order valence-electron chi connectivity index (χ3n) is 2.88. The van der Waals surface area contributed by atoms with E-state index in [1.165, 1.54) is 0 Å². The Morgan fingerprint density at radius 3 is 2.82 bits per heavy atom. The van der Waals surface area contributed by atoms with Crippen LogP contribution in [0.2, 0.25) is 0 Å². The Balaban J connectivity index is 2.54. The summed E-state index contributed by atoms with van der Waals surface area (Å²) in [6.45, 7) is 6.92. The van der Waals surface area contributed by atoms with Gasteiger partial charge in [0.05, 0.1) is 5.54 Å². The van der Waals surface area contributed by atoms with E-state index >= 15 is 0 Å². The number of carbonyl (C=O) groups is 1. The number of carboxylic acids is 1. The van der Waals surface area contributed by atoms with E-state index in [9.17, 15) is 4.79 Å². The molecule has 0 saturated carbocycles. The van der Waals surface area contributed by atoms with Gasteiger partial charge in [0.1, 0.15) is 5.01 Å². The molecule has 0 bridgehead atoms. The molecule has 0 unspecified atom stereocenters. The van der Waals surface area contributed by atoms with Crippen molar-refractivity contribution in [3.63, 3.8) is 0 Å². The Morgan fingerprint density at radius 1 is 1.65 bits per heavy atom. The van der Waals surface area contributed by atoms with Crippen molar-refractivity contribution in [2.75, 3.05) is 6.54 Å². The van der Waals surface area contributed by atoms with Crippen molar-refractivity contribution in [3.8, 4) is 0 Å². The third-order valence-corrected chi connectivity index (χ3v) is 4.10. The van der Waals surface area contributed by atoms with Crippen molar-refractivity contribution < 1.29 is 9.90 Å². The monoisotopic (exact) mass is 256 g/mol. The number of rotatable bonds is 7. The first kappa shape index (κ1) is 14.1. The molecule has 4 nitrogen and oxygen atoms in total. The molecule has 0 aliphatic rings. The Kier molecular flexibility index (Phi) is 5.08. The summed E-state index contributed by atoms with van der Waals surface area (Å²) < 4.78 is 0. The lowest BCUT2D eigenvalue weighted by atomic mass is 9.99. The molecule has 96 valence electrons. The van der Waals surface area contributed by atoms with Gasteiger partial charge in [-0.25, -0.2) is 4.98 Å². The van der Waals surface area contributed by atoms with E-state index in [0.29, 0.717) is 13.0 Å². The van der Waals surface area contributed by atoms with E-state index in [0.717, 1.165) is 17.1 Å². The Hall–Kier alpha value is -0.940. The molecule has 0 radical (unpaired) electrons. The second-order valence-electron chi connectivity index (χ2n) is 4.40. The van der Waals surface area contributed by atoms with Gasteiger partial charge in [-0.2, -0.15) is 0 Å². The maximum atomic E-state index is 10.4. The van der Waals surface area contributed by atoms with Crippen molar-refractivity contribution in [1.82, 2.24) is 10.3 Å². The molecule has 0 amide bonds. The highest BCUT2D eigenvalue weighted by molar-refractivity contribution is 7.09. The fourth-order valence-electron chi connectivity index (χ4n) is 1.56. The molecule has 1 atom stereocenters. The quantitative estimate of drug-likeness (QED) is 0.736.